The molecule has 1 rings (SSSR count). The third kappa shape index (κ3) is 2.34. The Bertz CT molecular complexity index is 294. The van der Waals surface area contributed by atoms with E-state index in [1.807, 2.05) is 31.2 Å². The lowest BCUT2D eigenvalue weighted by atomic mass is 9.92. The first-order chi connectivity index (χ1) is 6.54. The summed E-state index contributed by atoms with van der Waals surface area (Å²) in [6.07, 6.45) is -0.561. The van der Waals surface area contributed by atoms with E-state index >= 15 is 0 Å². The molecule has 0 fully saturated rings. The normalized spacial score (nSPS) is 15.6. The first-order valence-electron chi connectivity index (χ1n) is 5.06. The fourth-order valence-corrected chi connectivity index (χ4v) is 1.59. The monoisotopic (exact) mass is 193 g/mol. The zero-order chi connectivity index (χ0) is 10.7. The molecule has 0 aliphatic rings. The molecule has 78 valence electrons. The molecule has 14 heavy (non-hydrogen) atoms. The van der Waals surface area contributed by atoms with Crippen LogP contribution >= 0.6 is 0 Å². The van der Waals surface area contributed by atoms with Gasteiger partial charge < -0.3 is 10.8 Å². The van der Waals surface area contributed by atoms with E-state index in [0.717, 1.165) is 5.56 Å². The van der Waals surface area contributed by atoms with Crippen molar-refractivity contribution >= 4 is 0 Å². The van der Waals surface area contributed by atoms with Crippen LogP contribution in [0.1, 0.15) is 43.9 Å². The summed E-state index contributed by atoms with van der Waals surface area (Å²) >= 11 is 0. The fraction of sp³-hybridized carbons (Fsp3) is 0.500. The largest absolute Gasteiger partial charge is 0.387 e. The standard InChI is InChI=1S/C12H19NO/c1-8(2)10-6-4-5-7-11(10)12(14)9(3)13/h4-9,12,14H,13H2,1-3H3/t9-,12-/m1/s1. The molecule has 0 saturated carbocycles. The topological polar surface area (TPSA) is 46.2 Å². The van der Waals surface area contributed by atoms with Gasteiger partial charge in [-0.2, -0.15) is 0 Å². The molecule has 0 aromatic heterocycles. The number of hydrogen-bond acceptors (Lipinski definition) is 2. The van der Waals surface area contributed by atoms with Gasteiger partial charge in [0.15, 0.2) is 0 Å². The summed E-state index contributed by atoms with van der Waals surface area (Å²) in [5, 5.41) is 9.90. The highest BCUT2D eigenvalue weighted by molar-refractivity contribution is 5.32. The molecular weight excluding hydrogens is 174 g/mol. The van der Waals surface area contributed by atoms with Crippen molar-refractivity contribution in [2.24, 2.45) is 5.73 Å². The van der Waals surface area contributed by atoms with Crippen LogP contribution in [-0.2, 0) is 0 Å². The summed E-state index contributed by atoms with van der Waals surface area (Å²) in [6.45, 7) is 6.06. The highest BCUT2D eigenvalue weighted by Crippen LogP contribution is 2.25. The number of aliphatic hydroxyl groups is 1. The molecule has 0 heterocycles. The van der Waals surface area contributed by atoms with E-state index in [4.69, 9.17) is 5.73 Å². The van der Waals surface area contributed by atoms with Crippen LogP contribution in [-0.4, -0.2) is 11.1 Å². The number of rotatable bonds is 3. The second kappa shape index (κ2) is 4.58. The molecule has 1 aromatic carbocycles. The lowest BCUT2D eigenvalue weighted by molar-refractivity contribution is 0.152. The van der Waals surface area contributed by atoms with Crippen molar-refractivity contribution in [1.29, 1.82) is 0 Å². The SMILES string of the molecule is CC(C)c1ccccc1[C@H](O)[C@@H](C)N. The van der Waals surface area contributed by atoms with Gasteiger partial charge in [0.1, 0.15) is 0 Å². The molecule has 0 aliphatic heterocycles. The minimum Gasteiger partial charge on any atom is -0.387 e. The van der Waals surface area contributed by atoms with Crippen molar-refractivity contribution in [3.63, 3.8) is 0 Å². The predicted octanol–water partition coefficient (Wildman–Crippen LogP) is 2.19. The number of aliphatic hydroxyl groups excluding tert-OH is 1. The van der Waals surface area contributed by atoms with Crippen LogP contribution in [0.5, 0.6) is 0 Å². The third-order valence-electron chi connectivity index (χ3n) is 2.43. The van der Waals surface area contributed by atoms with Gasteiger partial charge in [0, 0.05) is 6.04 Å². The van der Waals surface area contributed by atoms with E-state index in [1.54, 1.807) is 0 Å². The maximum absolute atomic E-state index is 9.90. The second-order valence-corrected chi connectivity index (χ2v) is 4.09. The van der Waals surface area contributed by atoms with E-state index in [1.165, 1.54) is 5.56 Å². The third-order valence-corrected chi connectivity index (χ3v) is 2.43. The van der Waals surface area contributed by atoms with Crippen LogP contribution in [0.15, 0.2) is 24.3 Å². The summed E-state index contributed by atoms with van der Waals surface area (Å²) < 4.78 is 0. The minimum atomic E-state index is -0.561. The Balaban J connectivity index is 3.06. The van der Waals surface area contributed by atoms with Gasteiger partial charge in [-0.1, -0.05) is 38.1 Å². The Morgan fingerprint density at radius 1 is 1.07 bits per heavy atom. The van der Waals surface area contributed by atoms with Crippen LogP contribution in [0.3, 0.4) is 0 Å². The fourth-order valence-electron chi connectivity index (χ4n) is 1.59. The Kier molecular flexibility index (Phi) is 3.67. The van der Waals surface area contributed by atoms with Crippen LogP contribution < -0.4 is 5.73 Å². The first kappa shape index (κ1) is 11.2. The van der Waals surface area contributed by atoms with Crippen molar-refractivity contribution in [1.82, 2.24) is 0 Å². The van der Waals surface area contributed by atoms with Crippen LogP contribution in [0.4, 0.5) is 0 Å². The molecule has 0 bridgehead atoms. The van der Waals surface area contributed by atoms with Gasteiger partial charge in [0.25, 0.3) is 0 Å². The number of hydrogen-bond donors (Lipinski definition) is 2. The average molecular weight is 193 g/mol. The molecule has 0 amide bonds. The zero-order valence-electron chi connectivity index (χ0n) is 9.07. The molecule has 2 nitrogen and oxygen atoms in total. The minimum absolute atomic E-state index is 0.227. The van der Waals surface area contributed by atoms with Gasteiger partial charge in [-0.15, -0.1) is 0 Å². The molecule has 3 N–H and O–H groups in total. The Hall–Kier alpha value is -0.860. The first-order valence-corrected chi connectivity index (χ1v) is 5.06. The lowest BCUT2D eigenvalue weighted by Gasteiger charge is -2.20. The molecule has 0 saturated heterocycles. The van der Waals surface area contributed by atoms with E-state index in [-0.39, 0.29) is 6.04 Å². The van der Waals surface area contributed by atoms with Gasteiger partial charge in [0.05, 0.1) is 6.10 Å². The smallest absolute Gasteiger partial charge is 0.0940 e. The van der Waals surface area contributed by atoms with Crippen molar-refractivity contribution < 1.29 is 5.11 Å². The summed E-state index contributed by atoms with van der Waals surface area (Å²) in [6, 6.07) is 7.70. The lowest BCUT2D eigenvalue weighted by Crippen LogP contribution is -2.25. The molecule has 0 spiro atoms. The summed E-state index contributed by atoms with van der Waals surface area (Å²) in [5.41, 5.74) is 7.82. The van der Waals surface area contributed by atoms with Gasteiger partial charge in [0.2, 0.25) is 0 Å². The van der Waals surface area contributed by atoms with E-state index in [0.29, 0.717) is 5.92 Å². The predicted molar refractivity (Wildman–Crippen MR) is 59.1 cm³/mol. The van der Waals surface area contributed by atoms with Gasteiger partial charge >= 0.3 is 0 Å². The molecule has 2 atom stereocenters. The quantitative estimate of drug-likeness (QED) is 0.773. The van der Waals surface area contributed by atoms with E-state index in [9.17, 15) is 5.11 Å². The number of nitrogens with two attached hydrogens (primary N) is 1. The summed E-state index contributed by atoms with van der Waals surface area (Å²) in [4.78, 5) is 0. The van der Waals surface area contributed by atoms with Crippen molar-refractivity contribution in [3.05, 3.63) is 35.4 Å². The van der Waals surface area contributed by atoms with E-state index < -0.39 is 6.10 Å². The van der Waals surface area contributed by atoms with Crippen LogP contribution in [0.2, 0.25) is 0 Å². The number of benzene rings is 1. The molecular formula is C12H19NO. The van der Waals surface area contributed by atoms with Crippen molar-refractivity contribution in [2.45, 2.75) is 38.8 Å². The second-order valence-electron chi connectivity index (χ2n) is 4.09. The zero-order valence-corrected chi connectivity index (χ0v) is 9.07. The van der Waals surface area contributed by atoms with Crippen molar-refractivity contribution in [3.8, 4) is 0 Å². The Morgan fingerprint density at radius 3 is 2.00 bits per heavy atom. The van der Waals surface area contributed by atoms with Gasteiger partial charge in [-0.25, -0.2) is 0 Å². The molecule has 1 aromatic rings. The Labute approximate surface area is 85.8 Å². The Morgan fingerprint density at radius 2 is 1.57 bits per heavy atom. The van der Waals surface area contributed by atoms with Gasteiger partial charge in [-0.3, -0.25) is 0 Å². The van der Waals surface area contributed by atoms with Crippen molar-refractivity contribution in [2.75, 3.05) is 0 Å². The maximum atomic E-state index is 9.90. The molecule has 0 unspecified atom stereocenters. The van der Waals surface area contributed by atoms with E-state index in [2.05, 4.69) is 13.8 Å². The highest BCUT2D eigenvalue weighted by atomic mass is 16.3. The highest BCUT2D eigenvalue weighted by Gasteiger charge is 2.16. The molecule has 2 heteroatoms. The summed E-state index contributed by atoms with van der Waals surface area (Å²) in [5.74, 6) is 0.416. The average Bonchev–Trinajstić information content (AvgIpc) is 2.16. The summed E-state index contributed by atoms with van der Waals surface area (Å²) in [7, 11) is 0. The van der Waals surface area contributed by atoms with Crippen LogP contribution in [0.25, 0.3) is 0 Å². The van der Waals surface area contributed by atoms with Crippen LogP contribution in [0, 0.1) is 0 Å². The molecule has 0 radical (unpaired) electrons. The maximum Gasteiger partial charge on any atom is 0.0940 e. The van der Waals surface area contributed by atoms with Gasteiger partial charge in [-0.05, 0) is 24.0 Å². The molecule has 0 aliphatic carbocycles.